The third-order valence-corrected chi connectivity index (χ3v) is 1.67. The predicted molar refractivity (Wildman–Crippen MR) is 34.0 cm³/mol. The van der Waals surface area contributed by atoms with E-state index in [-0.39, 0.29) is 15.8 Å². The van der Waals surface area contributed by atoms with E-state index in [0.717, 1.165) is 0 Å². The summed E-state index contributed by atoms with van der Waals surface area (Å²) in [5, 5.41) is 0.00309. The number of cyclic esters (lactones) is 1. The highest BCUT2D eigenvalue weighted by Crippen LogP contribution is 2.29. The first kappa shape index (κ1) is 6.65. The predicted octanol–water partition coefficient (Wildman–Crippen LogP) is 1.75. The molecule has 0 spiro atoms. The summed E-state index contributed by atoms with van der Waals surface area (Å²) >= 11 is 10.7. The van der Waals surface area contributed by atoms with Gasteiger partial charge in [-0.05, 0) is 0 Å². The van der Waals surface area contributed by atoms with Crippen molar-refractivity contribution < 1.29 is 9.53 Å². The normalized spacial score (nSPS) is 18.9. The van der Waals surface area contributed by atoms with E-state index in [9.17, 15) is 4.79 Å². The lowest BCUT2D eigenvalue weighted by Gasteiger charge is -1.88. The molecule has 9 heavy (non-hydrogen) atoms. The fourth-order valence-electron chi connectivity index (χ4n) is 0.414. The van der Waals surface area contributed by atoms with Crippen molar-refractivity contribution in [2.45, 2.75) is 0 Å². The first-order valence-electron chi connectivity index (χ1n) is 2.09. The summed E-state index contributed by atoms with van der Waals surface area (Å²) in [5.41, 5.74) is 0. The van der Waals surface area contributed by atoms with Crippen molar-refractivity contribution in [2.24, 2.45) is 0 Å². The van der Waals surface area contributed by atoms with E-state index in [1.165, 1.54) is 0 Å². The lowest BCUT2D eigenvalue weighted by atomic mass is 10.5. The zero-order valence-corrected chi connectivity index (χ0v) is 5.79. The van der Waals surface area contributed by atoms with E-state index < -0.39 is 5.97 Å². The summed E-state index contributed by atoms with van der Waals surface area (Å²) < 4.78 is 4.41. The zero-order chi connectivity index (χ0) is 7.02. The van der Waals surface area contributed by atoms with Gasteiger partial charge in [0.2, 0.25) is 0 Å². The summed E-state index contributed by atoms with van der Waals surface area (Å²) in [7, 11) is 0. The molecule has 1 rings (SSSR count). The highest BCUT2D eigenvalue weighted by Gasteiger charge is 2.25. The van der Waals surface area contributed by atoms with Crippen LogP contribution in [-0.4, -0.2) is 5.97 Å². The van der Waals surface area contributed by atoms with Gasteiger partial charge in [-0.1, -0.05) is 29.8 Å². The van der Waals surface area contributed by atoms with Gasteiger partial charge in [0, 0.05) is 0 Å². The smallest absolute Gasteiger partial charge is 0.356 e. The van der Waals surface area contributed by atoms with Crippen molar-refractivity contribution >= 4 is 29.2 Å². The Morgan fingerprint density at radius 1 is 1.33 bits per heavy atom. The fourth-order valence-corrected chi connectivity index (χ4v) is 0.673. The molecule has 0 radical (unpaired) electrons. The molecule has 0 aromatic rings. The molecule has 1 heterocycles. The number of esters is 1. The first-order valence-corrected chi connectivity index (χ1v) is 2.85. The fraction of sp³-hybridized carbons (Fsp3) is 0. The van der Waals surface area contributed by atoms with E-state index in [4.69, 9.17) is 23.2 Å². The van der Waals surface area contributed by atoms with Gasteiger partial charge in [0.25, 0.3) is 0 Å². The van der Waals surface area contributed by atoms with Crippen LogP contribution in [0.15, 0.2) is 22.4 Å². The van der Waals surface area contributed by atoms with E-state index >= 15 is 0 Å². The summed E-state index contributed by atoms with van der Waals surface area (Å²) in [6, 6.07) is 0. The molecule has 1 aliphatic rings. The van der Waals surface area contributed by atoms with Crippen LogP contribution in [-0.2, 0) is 9.53 Å². The number of carbonyl (C=O) groups excluding carboxylic acids is 1. The van der Waals surface area contributed by atoms with Crippen molar-refractivity contribution in [1.82, 2.24) is 0 Å². The molecule has 0 aromatic carbocycles. The van der Waals surface area contributed by atoms with Crippen LogP contribution in [0, 0.1) is 0 Å². The lowest BCUT2D eigenvalue weighted by molar-refractivity contribution is -0.132. The molecule has 0 fully saturated rings. The standard InChI is InChI=1S/C5H2Cl2O2/c1-2-3(6)4(7)5(8)9-2/h1H2. The van der Waals surface area contributed by atoms with Crippen molar-refractivity contribution in [2.75, 3.05) is 0 Å². The van der Waals surface area contributed by atoms with Crippen molar-refractivity contribution in [3.63, 3.8) is 0 Å². The summed E-state index contributed by atoms with van der Waals surface area (Å²) in [4.78, 5) is 10.4. The van der Waals surface area contributed by atoms with Gasteiger partial charge >= 0.3 is 5.97 Å². The van der Waals surface area contributed by atoms with Crippen LogP contribution in [0.1, 0.15) is 0 Å². The quantitative estimate of drug-likeness (QED) is 0.511. The van der Waals surface area contributed by atoms with Crippen LogP contribution in [0.5, 0.6) is 0 Å². The van der Waals surface area contributed by atoms with Gasteiger partial charge in [-0.25, -0.2) is 4.79 Å². The van der Waals surface area contributed by atoms with E-state index in [1.54, 1.807) is 0 Å². The average Bonchev–Trinajstić information content (AvgIpc) is 1.98. The molecule has 0 saturated carbocycles. The molecule has 0 atom stereocenters. The van der Waals surface area contributed by atoms with Gasteiger partial charge in [-0.15, -0.1) is 0 Å². The monoisotopic (exact) mass is 164 g/mol. The number of carbonyl (C=O) groups is 1. The second-order valence-electron chi connectivity index (χ2n) is 1.44. The molecule has 0 aliphatic carbocycles. The number of ether oxygens (including phenoxy) is 1. The Kier molecular flexibility index (Phi) is 1.51. The van der Waals surface area contributed by atoms with Crippen LogP contribution in [0.25, 0.3) is 0 Å². The molecule has 1 aliphatic heterocycles. The third-order valence-electron chi connectivity index (χ3n) is 0.833. The maximum atomic E-state index is 10.4. The summed E-state index contributed by atoms with van der Waals surface area (Å²) in [6.45, 7) is 3.32. The largest absolute Gasteiger partial charge is 0.421 e. The van der Waals surface area contributed by atoms with Gasteiger partial charge in [0.05, 0.1) is 0 Å². The van der Waals surface area contributed by atoms with Crippen LogP contribution in [0.2, 0.25) is 0 Å². The van der Waals surface area contributed by atoms with Crippen molar-refractivity contribution in [3.05, 3.63) is 22.4 Å². The maximum Gasteiger partial charge on any atom is 0.356 e. The van der Waals surface area contributed by atoms with Gasteiger partial charge in [-0.3, -0.25) is 0 Å². The Labute approximate surface area is 61.7 Å². The third kappa shape index (κ3) is 0.955. The van der Waals surface area contributed by atoms with E-state index in [2.05, 4.69) is 11.3 Å². The highest BCUT2D eigenvalue weighted by molar-refractivity contribution is 6.49. The topological polar surface area (TPSA) is 26.3 Å². The Morgan fingerprint density at radius 3 is 2.00 bits per heavy atom. The lowest BCUT2D eigenvalue weighted by Crippen LogP contribution is -1.92. The molecule has 0 bridgehead atoms. The van der Waals surface area contributed by atoms with Crippen LogP contribution in [0.4, 0.5) is 0 Å². The van der Waals surface area contributed by atoms with Gasteiger partial charge in [0.1, 0.15) is 15.8 Å². The Balaban J connectivity index is 3.06. The highest BCUT2D eigenvalue weighted by atomic mass is 35.5. The van der Waals surface area contributed by atoms with Crippen molar-refractivity contribution in [3.8, 4) is 0 Å². The number of hydrogen-bond donors (Lipinski definition) is 0. The molecule has 0 amide bonds. The van der Waals surface area contributed by atoms with E-state index in [0.29, 0.717) is 0 Å². The molecular formula is C5H2Cl2O2. The molecule has 48 valence electrons. The molecule has 0 saturated heterocycles. The minimum Gasteiger partial charge on any atom is -0.421 e. The molecule has 0 aromatic heterocycles. The zero-order valence-electron chi connectivity index (χ0n) is 4.28. The molecular weight excluding hydrogens is 163 g/mol. The number of rotatable bonds is 0. The first-order chi connectivity index (χ1) is 4.13. The van der Waals surface area contributed by atoms with Gasteiger partial charge < -0.3 is 4.74 Å². The number of allylic oxidation sites excluding steroid dienone is 1. The summed E-state index contributed by atoms with van der Waals surface area (Å²) in [6.07, 6.45) is 0. The maximum absolute atomic E-state index is 10.4. The minimum atomic E-state index is -0.633. The number of halogens is 2. The molecule has 0 N–H and O–H groups in total. The Bertz CT molecular complexity index is 195. The average molecular weight is 165 g/mol. The van der Waals surface area contributed by atoms with Crippen LogP contribution < -0.4 is 0 Å². The summed E-state index contributed by atoms with van der Waals surface area (Å²) in [5.74, 6) is -0.515. The molecule has 4 heteroatoms. The Morgan fingerprint density at radius 2 is 1.89 bits per heavy atom. The van der Waals surface area contributed by atoms with Crippen LogP contribution >= 0.6 is 23.2 Å². The van der Waals surface area contributed by atoms with Crippen LogP contribution in [0.3, 0.4) is 0 Å². The number of hydrogen-bond acceptors (Lipinski definition) is 2. The molecule has 0 unspecified atom stereocenters. The second kappa shape index (κ2) is 2.05. The van der Waals surface area contributed by atoms with Gasteiger partial charge in [0.15, 0.2) is 0 Å². The molecule has 2 nitrogen and oxygen atoms in total. The van der Waals surface area contributed by atoms with E-state index in [1.807, 2.05) is 0 Å². The second-order valence-corrected chi connectivity index (χ2v) is 2.20. The Hall–Kier alpha value is -0.470. The van der Waals surface area contributed by atoms with Crippen molar-refractivity contribution in [1.29, 1.82) is 0 Å². The SMILES string of the molecule is C=C1OC(=O)C(Cl)=C1Cl. The minimum absolute atomic E-state index is 0.0957. The van der Waals surface area contributed by atoms with Gasteiger partial charge in [-0.2, -0.15) is 0 Å².